The smallest absolute Gasteiger partial charge is 0.323 e. The summed E-state index contributed by atoms with van der Waals surface area (Å²) in [7, 11) is 0. The number of carboxylic acids is 3. The predicted molar refractivity (Wildman–Crippen MR) is 53.1 cm³/mol. The Labute approximate surface area is 96.2 Å². The van der Waals surface area contributed by atoms with Crippen LogP contribution >= 0.6 is 0 Å². The molecule has 2 saturated carbocycles. The standard InChI is InChI=1S/C10H13NO6/c11-10(8(16)17)2-9(3-10,7(14)15)5-1-4(5)6(12)13/h4-5H,1-3,11H2,(H,12,13)(H,14,15)(H,16,17)/t4-,5-,9?,10?/m1/s1. The molecule has 0 aromatic carbocycles. The molecule has 2 aliphatic rings. The quantitative estimate of drug-likeness (QED) is 0.514. The minimum Gasteiger partial charge on any atom is -0.481 e. The number of hydrogen-bond donors (Lipinski definition) is 4. The van der Waals surface area contributed by atoms with Gasteiger partial charge in [-0.1, -0.05) is 0 Å². The lowest BCUT2D eigenvalue weighted by atomic mass is 9.55. The van der Waals surface area contributed by atoms with Gasteiger partial charge in [0.25, 0.3) is 0 Å². The van der Waals surface area contributed by atoms with E-state index in [-0.39, 0.29) is 19.3 Å². The molecule has 5 N–H and O–H groups in total. The second-order valence-corrected chi connectivity index (χ2v) is 5.06. The van der Waals surface area contributed by atoms with Crippen LogP contribution in [-0.4, -0.2) is 38.8 Å². The lowest BCUT2D eigenvalue weighted by Crippen LogP contribution is -2.66. The van der Waals surface area contributed by atoms with Crippen LogP contribution in [0.4, 0.5) is 0 Å². The monoisotopic (exact) mass is 243 g/mol. The molecule has 7 nitrogen and oxygen atoms in total. The zero-order valence-electron chi connectivity index (χ0n) is 8.92. The number of nitrogens with two attached hydrogens (primary N) is 1. The molecule has 17 heavy (non-hydrogen) atoms. The van der Waals surface area contributed by atoms with Gasteiger partial charge in [-0.3, -0.25) is 14.4 Å². The third kappa shape index (κ3) is 1.49. The molecule has 0 spiro atoms. The Morgan fingerprint density at radius 1 is 1.06 bits per heavy atom. The van der Waals surface area contributed by atoms with Crippen LogP contribution in [-0.2, 0) is 14.4 Å². The highest BCUT2D eigenvalue weighted by molar-refractivity contribution is 5.88. The zero-order valence-corrected chi connectivity index (χ0v) is 8.92. The van der Waals surface area contributed by atoms with Crippen LogP contribution in [0.3, 0.4) is 0 Å². The third-order valence-electron chi connectivity index (χ3n) is 3.93. The third-order valence-corrected chi connectivity index (χ3v) is 3.93. The molecule has 0 bridgehead atoms. The van der Waals surface area contributed by atoms with Crippen molar-refractivity contribution < 1.29 is 29.7 Å². The molecule has 2 aliphatic carbocycles. The first kappa shape index (κ1) is 11.8. The Kier molecular flexibility index (Phi) is 2.22. The van der Waals surface area contributed by atoms with Gasteiger partial charge in [-0.05, 0) is 25.2 Å². The van der Waals surface area contributed by atoms with Gasteiger partial charge < -0.3 is 21.1 Å². The van der Waals surface area contributed by atoms with Crippen molar-refractivity contribution in [3.63, 3.8) is 0 Å². The topological polar surface area (TPSA) is 138 Å². The number of hydrogen-bond acceptors (Lipinski definition) is 4. The molecule has 0 radical (unpaired) electrons. The van der Waals surface area contributed by atoms with E-state index in [1.807, 2.05) is 0 Å². The zero-order chi connectivity index (χ0) is 13.0. The molecule has 94 valence electrons. The average molecular weight is 243 g/mol. The number of carboxylic acid groups (broad SMARTS) is 3. The van der Waals surface area contributed by atoms with Gasteiger partial charge in [0.2, 0.25) is 0 Å². The highest BCUT2D eigenvalue weighted by Crippen LogP contribution is 2.63. The molecule has 0 amide bonds. The molecule has 2 atom stereocenters. The normalized spacial score (nSPS) is 43.6. The van der Waals surface area contributed by atoms with Gasteiger partial charge in [0, 0.05) is 0 Å². The second-order valence-electron chi connectivity index (χ2n) is 5.06. The molecule has 0 aromatic rings. The van der Waals surface area contributed by atoms with Crippen molar-refractivity contribution in [2.45, 2.75) is 24.8 Å². The van der Waals surface area contributed by atoms with E-state index >= 15 is 0 Å². The Morgan fingerprint density at radius 3 is 1.88 bits per heavy atom. The maximum atomic E-state index is 11.2. The van der Waals surface area contributed by atoms with E-state index in [9.17, 15) is 14.4 Å². The fourth-order valence-electron chi connectivity index (χ4n) is 2.88. The van der Waals surface area contributed by atoms with E-state index in [0.717, 1.165) is 0 Å². The minimum atomic E-state index is -1.52. The molecule has 0 aliphatic heterocycles. The first-order chi connectivity index (χ1) is 7.73. The average Bonchev–Trinajstić information content (AvgIpc) is 2.90. The molecule has 0 unspecified atom stereocenters. The first-order valence-electron chi connectivity index (χ1n) is 5.21. The summed E-state index contributed by atoms with van der Waals surface area (Å²) in [6, 6.07) is 0. The minimum absolute atomic E-state index is 0.195. The van der Waals surface area contributed by atoms with Crippen LogP contribution in [0.2, 0.25) is 0 Å². The summed E-state index contributed by atoms with van der Waals surface area (Å²) in [4.78, 5) is 32.8. The fourth-order valence-corrected chi connectivity index (χ4v) is 2.88. The fraction of sp³-hybridized carbons (Fsp3) is 0.700. The summed E-state index contributed by atoms with van der Waals surface area (Å²) < 4.78 is 0. The predicted octanol–water partition coefficient (Wildman–Crippen LogP) is -0.646. The second kappa shape index (κ2) is 3.19. The summed E-state index contributed by atoms with van der Waals surface area (Å²) in [5.74, 6) is -4.58. The van der Waals surface area contributed by atoms with Crippen molar-refractivity contribution in [1.29, 1.82) is 0 Å². The Hall–Kier alpha value is -1.63. The van der Waals surface area contributed by atoms with Gasteiger partial charge in [0.1, 0.15) is 5.54 Å². The van der Waals surface area contributed by atoms with Crippen LogP contribution in [0.15, 0.2) is 0 Å². The van der Waals surface area contributed by atoms with E-state index in [1.165, 1.54) is 0 Å². The largest absolute Gasteiger partial charge is 0.481 e. The number of rotatable bonds is 4. The van der Waals surface area contributed by atoms with Gasteiger partial charge in [-0.2, -0.15) is 0 Å². The molecule has 2 fully saturated rings. The van der Waals surface area contributed by atoms with Gasteiger partial charge in [-0.25, -0.2) is 0 Å². The van der Waals surface area contributed by atoms with Crippen LogP contribution in [0.5, 0.6) is 0 Å². The summed E-state index contributed by atoms with van der Waals surface area (Å²) in [6.07, 6.45) is -0.102. The van der Waals surface area contributed by atoms with E-state index in [4.69, 9.17) is 21.1 Å². The number of carbonyl (C=O) groups is 3. The molecular formula is C10H13NO6. The van der Waals surface area contributed by atoms with Crippen molar-refractivity contribution in [3.05, 3.63) is 0 Å². The van der Waals surface area contributed by atoms with Crippen molar-refractivity contribution in [1.82, 2.24) is 0 Å². The molecule has 0 aromatic heterocycles. The van der Waals surface area contributed by atoms with E-state index in [1.54, 1.807) is 0 Å². The first-order valence-corrected chi connectivity index (χ1v) is 5.21. The highest BCUT2D eigenvalue weighted by Gasteiger charge is 2.70. The summed E-state index contributed by atoms with van der Waals surface area (Å²) in [5.41, 5.74) is 2.74. The van der Waals surface area contributed by atoms with Crippen molar-refractivity contribution in [2.75, 3.05) is 0 Å². The number of aliphatic carboxylic acids is 3. The van der Waals surface area contributed by atoms with Crippen LogP contribution < -0.4 is 5.73 Å². The van der Waals surface area contributed by atoms with E-state index < -0.39 is 40.7 Å². The molecule has 7 heteroatoms. The molecule has 0 heterocycles. The van der Waals surface area contributed by atoms with E-state index in [2.05, 4.69) is 0 Å². The van der Waals surface area contributed by atoms with Gasteiger partial charge in [0.05, 0.1) is 11.3 Å². The van der Waals surface area contributed by atoms with Crippen LogP contribution in [0, 0.1) is 17.3 Å². The molecule has 0 saturated heterocycles. The van der Waals surface area contributed by atoms with Crippen molar-refractivity contribution in [2.24, 2.45) is 23.0 Å². The SMILES string of the molecule is NC1(C(=O)O)CC(C(=O)O)([C@@H]2C[C@H]2C(=O)O)C1. The van der Waals surface area contributed by atoms with Crippen LogP contribution in [0.1, 0.15) is 19.3 Å². The summed E-state index contributed by atoms with van der Waals surface area (Å²) >= 11 is 0. The lowest BCUT2D eigenvalue weighted by molar-refractivity contribution is -0.172. The molecular weight excluding hydrogens is 230 g/mol. The maximum Gasteiger partial charge on any atom is 0.323 e. The Balaban J connectivity index is 2.15. The van der Waals surface area contributed by atoms with Gasteiger partial charge in [-0.15, -0.1) is 0 Å². The van der Waals surface area contributed by atoms with Gasteiger partial charge >= 0.3 is 17.9 Å². The summed E-state index contributed by atoms with van der Waals surface area (Å²) in [6.45, 7) is 0. The maximum absolute atomic E-state index is 11.2. The van der Waals surface area contributed by atoms with Crippen molar-refractivity contribution >= 4 is 17.9 Å². The highest BCUT2D eigenvalue weighted by atomic mass is 16.4. The molecule has 2 rings (SSSR count). The Bertz CT molecular complexity index is 411. The van der Waals surface area contributed by atoms with Crippen molar-refractivity contribution in [3.8, 4) is 0 Å². The van der Waals surface area contributed by atoms with Gasteiger partial charge in [0.15, 0.2) is 0 Å². The van der Waals surface area contributed by atoms with E-state index in [0.29, 0.717) is 0 Å². The summed E-state index contributed by atoms with van der Waals surface area (Å²) in [5, 5.41) is 26.8. The van der Waals surface area contributed by atoms with Crippen LogP contribution in [0.25, 0.3) is 0 Å². The lowest BCUT2D eigenvalue weighted by Gasteiger charge is -2.49. The Morgan fingerprint density at radius 2 is 1.59 bits per heavy atom.